The fraction of sp³-hybridized carbons (Fsp3) is 1.00. The second kappa shape index (κ2) is 7.02. The van der Waals surface area contributed by atoms with Crippen molar-refractivity contribution in [2.24, 2.45) is 0 Å². The maximum atomic E-state index is 11.3. The Morgan fingerprint density at radius 3 is 2.37 bits per heavy atom. The third-order valence-corrected chi connectivity index (χ3v) is 5.95. The van der Waals surface area contributed by atoms with Crippen LogP contribution in [-0.4, -0.2) is 82.1 Å². The molecule has 19 heavy (non-hydrogen) atoms. The van der Waals surface area contributed by atoms with Gasteiger partial charge in [-0.1, -0.05) is 0 Å². The van der Waals surface area contributed by atoms with Crippen molar-refractivity contribution in [3.8, 4) is 0 Å². The van der Waals surface area contributed by atoms with E-state index in [0.717, 1.165) is 32.4 Å². The van der Waals surface area contributed by atoms with Gasteiger partial charge in [0.15, 0.2) is 0 Å². The fourth-order valence-corrected chi connectivity index (χ4v) is 4.27. The van der Waals surface area contributed by atoms with Crippen LogP contribution in [0.2, 0.25) is 0 Å². The molecule has 0 radical (unpaired) electrons. The van der Waals surface area contributed by atoms with Gasteiger partial charge in [0, 0.05) is 32.2 Å². The van der Waals surface area contributed by atoms with Gasteiger partial charge in [0.25, 0.3) is 0 Å². The van der Waals surface area contributed by atoms with Crippen molar-refractivity contribution >= 4 is 9.84 Å². The molecule has 0 saturated carbocycles. The van der Waals surface area contributed by atoms with E-state index in [1.165, 1.54) is 26.2 Å². The van der Waals surface area contributed by atoms with Crippen LogP contribution in [0.15, 0.2) is 0 Å². The van der Waals surface area contributed by atoms with Crippen LogP contribution in [-0.2, 0) is 9.84 Å². The first kappa shape index (κ1) is 15.2. The van der Waals surface area contributed by atoms with Gasteiger partial charge in [0.1, 0.15) is 9.84 Å². The highest BCUT2D eigenvalue weighted by Crippen LogP contribution is 2.12. The van der Waals surface area contributed by atoms with Crippen LogP contribution in [0.1, 0.15) is 19.3 Å². The van der Waals surface area contributed by atoms with Crippen molar-refractivity contribution in [1.82, 2.24) is 15.1 Å². The molecule has 5 nitrogen and oxygen atoms in total. The minimum Gasteiger partial charge on any atom is -0.314 e. The first-order valence-corrected chi connectivity index (χ1v) is 9.22. The van der Waals surface area contributed by atoms with Crippen LogP contribution in [0.3, 0.4) is 0 Å². The molecule has 2 aliphatic rings. The number of likely N-dealkylation sites (N-methyl/N-ethyl adjacent to an activating group) is 1. The second-order valence-corrected chi connectivity index (χ2v) is 8.18. The molecule has 2 fully saturated rings. The highest BCUT2D eigenvalue weighted by atomic mass is 32.2. The fourth-order valence-electron chi connectivity index (χ4n) is 2.77. The van der Waals surface area contributed by atoms with Gasteiger partial charge in [-0.25, -0.2) is 8.42 Å². The van der Waals surface area contributed by atoms with Gasteiger partial charge in [0.2, 0.25) is 0 Å². The van der Waals surface area contributed by atoms with E-state index in [1.54, 1.807) is 0 Å². The summed E-state index contributed by atoms with van der Waals surface area (Å²) >= 11 is 0. The summed E-state index contributed by atoms with van der Waals surface area (Å²) in [5.74, 6) is 0.728. The normalized spacial score (nSPS) is 26.6. The topological polar surface area (TPSA) is 52.6 Å². The van der Waals surface area contributed by atoms with Gasteiger partial charge >= 0.3 is 0 Å². The number of nitrogens with one attached hydrogen (secondary N) is 1. The first-order valence-electron chi connectivity index (χ1n) is 7.40. The molecule has 0 aliphatic carbocycles. The van der Waals surface area contributed by atoms with Gasteiger partial charge < -0.3 is 15.1 Å². The second-order valence-electron chi connectivity index (χ2n) is 5.88. The lowest BCUT2D eigenvalue weighted by Crippen LogP contribution is -2.45. The molecule has 2 aliphatic heterocycles. The Kier molecular flexibility index (Phi) is 5.62. The highest BCUT2D eigenvalue weighted by molar-refractivity contribution is 7.91. The minimum absolute atomic E-state index is 0.364. The first-order chi connectivity index (χ1) is 9.05. The number of nitrogens with zero attached hydrogens (tertiary/aromatic N) is 2. The van der Waals surface area contributed by atoms with Gasteiger partial charge in [-0.2, -0.15) is 0 Å². The van der Waals surface area contributed by atoms with E-state index in [9.17, 15) is 8.42 Å². The lowest BCUT2D eigenvalue weighted by atomic mass is 10.1. The van der Waals surface area contributed by atoms with Crippen molar-refractivity contribution in [2.45, 2.75) is 25.3 Å². The quantitative estimate of drug-likeness (QED) is 0.710. The zero-order valence-electron chi connectivity index (χ0n) is 12.0. The Morgan fingerprint density at radius 1 is 1.11 bits per heavy atom. The van der Waals surface area contributed by atoms with Crippen molar-refractivity contribution in [3.05, 3.63) is 0 Å². The van der Waals surface area contributed by atoms with Crippen LogP contribution in [0, 0.1) is 0 Å². The van der Waals surface area contributed by atoms with Crippen LogP contribution < -0.4 is 5.32 Å². The van der Waals surface area contributed by atoms with E-state index in [2.05, 4.69) is 22.2 Å². The van der Waals surface area contributed by atoms with Crippen LogP contribution >= 0.6 is 0 Å². The lowest BCUT2D eigenvalue weighted by Gasteiger charge is -2.32. The number of hydrogen-bond acceptors (Lipinski definition) is 5. The summed E-state index contributed by atoms with van der Waals surface area (Å²) in [6.07, 6.45) is 2.74. The Bertz CT molecular complexity index is 350. The zero-order valence-corrected chi connectivity index (χ0v) is 12.8. The summed E-state index contributed by atoms with van der Waals surface area (Å²) in [5.41, 5.74) is 0. The summed E-state index contributed by atoms with van der Waals surface area (Å²) < 4.78 is 22.6. The molecular formula is C13H27N3O2S. The summed E-state index contributed by atoms with van der Waals surface area (Å²) in [5, 5.41) is 3.51. The SMILES string of the molecule is CN1CCN(CCCNC2CCS(=O)(=O)CC2)CC1. The van der Waals surface area contributed by atoms with Crippen LogP contribution in [0.5, 0.6) is 0 Å². The molecule has 0 aromatic heterocycles. The maximum Gasteiger partial charge on any atom is 0.150 e. The predicted molar refractivity (Wildman–Crippen MR) is 78.2 cm³/mol. The van der Waals surface area contributed by atoms with Crippen LogP contribution in [0.4, 0.5) is 0 Å². The van der Waals surface area contributed by atoms with Crippen molar-refractivity contribution in [1.29, 1.82) is 0 Å². The molecule has 0 spiro atoms. The predicted octanol–water partition coefficient (Wildman–Crippen LogP) is -0.209. The van der Waals surface area contributed by atoms with Crippen molar-refractivity contribution < 1.29 is 8.42 Å². The van der Waals surface area contributed by atoms with Gasteiger partial charge in [-0.15, -0.1) is 0 Å². The zero-order chi connectivity index (χ0) is 13.7. The van der Waals surface area contributed by atoms with Crippen LogP contribution in [0.25, 0.3) is 0 Å². The minimum atomic E-state index is -2.72. The molecule has 0 aromatic carbocycles. The lowest BCUT2D eigenvalue weighted by molar-refractivity contribution is 0.152. The van der Waals surface area contributed by atoms with E-state index in [4.69, 9.17) is 0 Å². The van der Waals surface area contributed by atoms with Crippen molar-refractivity contribution in [3.63, 3.8) is 0 Å². The van der Waals surface area contributed by atoms with E-state index < -0.39 is 9.84 Å². The number of rotatable bonds is 5. The molecule has 0 unspecified atom stereocenters. The Labute approximate surface area is 117 Å². The molecule has 0 amide bonds. The van der Waals surface area contributed by atoms with E-state index in [1.807, 2.05) is 0 Å². The summed E-state index contributed by atoms with van der Waals surface area (Å²) in [6.45, 7) is 6.88. The highest BCUT2D eigenvalue weighted by Gasteiger charge is 2.22. The standard InChI is InChI=1S/C13H27N3O2S/c1-15-7-9-16(10-8-15)6-2-5-14-13-3-11-19(17,18)12-4-13/h13-14H,2-12H2,1H3. The largest absolute Gasteiger partial charge is 0.314 e. The molecule has 0 atom stereocenters. The maximum absolute atomic E-state index is 11.3. The molecule has 2 rings (SSSR count). The third kappa shape index (κ3) is 5.38. The molecule has 1 N–H and O–H groups in total. The summed E-state index contributed by atoms with van der Waals surface area (Å²) in [6, 6.07) is 0.413. The number of hydrogen-bond donors (Lipinski definition) is 1. The number of piperazine rings is 1. The molecule has 2 saturated heterocycles. The molecule has 2 heterocycles. The van der Waals surface area contributed by atoms with Gasteiger partial charge in [-0.05, 0) is 39.4 Å². The van der Waals surface area contributed by atoms with Gasteiger partial charge in [0.05, 0.1) is 11.5 Å². The smallest absolute Gasteiger partial charge is 0.150 e. The summed E-state index contributed by atoms with van der Waals surface area (Å²) in [4.78, 5) is 4.89. The van der Waals surface area contributed by atoms with E-state index in [0.29, 0.717) is 17.5 Å². The average molecular weight is 289 g/mol. The monoisotopic (exact) mass is 289 g/mol. The third-order valence-electron chi connectivity index (χ3n) is 4.23. The summed E-state index contributed by atoms with van der Waals surface area (Å²) in [7, 11) is -0.545. The molecule has 6 heteroatoms. The Hall–Kier alpha value is -0.170. The van der Waals surface area contributed by atoms with Gasteiger partial charge in [-0.3, -0.25) is 0 Å². The Morgan fingerprint density at radius 2 is 1.74 bits per heavy atom. The molecule has 0 bridgehead atoms. The average Bonchev–Trinajstić information content (AvgIpc) is 2.38. The van der Waals surface area contributed by atoms with E-state index in [-0.39, 0.29) is 0 Å². The molecular weight excluding hydrogens is 262 g/mol. The Balaban J connectivity index is 1.53. The van der Waals surface area contributed by atoms with Crippen molar-refractivity contribution in [2.75, 3.05) is 57.8 Å². The van der Waals surface area contributed by atoms with E-state index >= 15 is 0 Å². The number of sulfone groups is 1. The molecule has 112 valence electrons. The molecule has 0 aromatic rings.